The molecule has 0 aliphatic rings. The number of hydrogen-bond donors (Lipinski definition) is 2. The van der Waals surface area contributed by atoms with Crippen LogP contribution in [0.4, 0.5) is 0 Å². The van der Waals surface area contributed by atoms with Crippen molar-refractivity contribution in [1.82, 2.24) is 25.9 Å². The van der Waals surface area contributed by atoms with E-state index in [1.54, 1.807) is 6.07 Å². The number of nitrogens with zero attached hydrogens (tertiary/aromatic N) is 3. The first kappa shape index (κ1) is 11.7. The highest BCUT2D eigenvalue weighted by Crippen LogP contribution is 2.32. The molecule has 0 saturated heterocycles. The predicted molar refractivity (Wildman–Crippen MR) is 65.1 cm³/mol. The van der Waals surface area contributed by atoms with Crippen LogP contribution in [0.1, 0.15) is 15.5 Å². The average Bonchev–Trinajstić information content (AvgIpc) is 2.86. The zero-order valence-electron chi connectivity index (χ0n) is 7.70. The van der Waals surface area contributed by atoms with Gasteiger partial charge in [0.05, 0.1) is 15.2 Å². The van der Waals surface area contributed by atoms with Crippen LogP contribution in [-0.4, -0.2) is 26.5 Å². The number of rotatable bonds is 3. The highest BCUT2D eigenvalue weighted by Gasteiger charge is 2.12. The Morgan fingerprint density at radius 2 is 2.38 bits per heavy atom. The van der Waals surface area contributed by atoms with E-state index in [1.165, 1.54) is 11.3 Å². The summed E-state index contributed by atoms with van der Waals surface area (Å²) in [5.74, 6) is 0.282. The molecule has 9 heteroatoms. The van der Waals surface area contributed by atoms with E-state index in [4.69, 9.17) is 0 Å². The Morgan fingerprint density at radius 1 is 1.56 bits per heavy atom. The summed E-state index contributed by atoms with van der Waals surface area (Å²) in [6.45, 7) is 0.252. The molecule has 0 aliphatic heterocycles. The van der Waals surface area contributed by atoms with Gasteiger partial charge in [-0.1, -0.05) is 5.21 Å². The van der Waals surface area contributed by atoms with Gasteiger partial charge in [0.1, 0.15) is 0 Å². The lowest BCUT2D eigenvalue weighted by atomic mass is 10.4. The summed E-state index contributed by atoms with van der Waals surface area (Å²) in [5.41, 5.74) is 0. The summed E-state index contributed by atoms with van der Waals surface area (Å²) in [6, 6.07) is 1.75. The van der Waals surface area contributed by atoms with Gasteiger partial charge >= 0.3 is 0 Å². The molecule has 16 heavy (non-hydrogen) atoms. The van der Waals surface area contributed by atoms with Crippen LogP contribution in [0.15, 0.2) is 14.3 Å². The van der Waals surface area contributed by atoms with Crippen LogP contribution >= 0.6 is 43.2 Å². The van der Waals surface area contributed by atoms with Gasteiger partial charge in [0, 0.05) is 4.47 Å². The lowest BCUT2D eigenvalue weighted by molar-refractivity contribution is 0.0954. The minimum atomic E-state index is -0.166. The molecule has 84 valence electrons. The molecule has 0 fully saturated rings. The van der Waals surface area contributed by atoms with Gasteiger partial charge in [0.25, 0.3) is 5.91 Å². The molecule has 0 atom stereocenters. The number of nitrogens with one attached hydrogen (secondary N) is 2. The molecule has 2 N–H and O–H groups in total. The van der Waals surface area contributed by atoms with Crippen molar-refractivity contribution in [3.8, 4) is 0 Å². The van der Waals surface area contributed by atoms with E-state index < -0.39 is 0 Å². The van der Waals surface area contributed by atoms with Crippen LogP contribution in [0, 0.1) is 0 Å². The summed E-state index contributed by atoms with van der Waals surface area (Å²) < 4.78 is 1.75. The van der Waals surface area contributed by atoms with Crippen molar-refractivity contribution < 1.29 is 4.79 Å². The lowest BCUT2D eigenvalue weighted by Crippen LogP contribution is -2.22. The summed E-state index contributed by atoms with van der Waals surface area (Å²) in [7, 11) is 0. The molecule has 0 spiro atoms. The molecule has 2 rings (SSSR count). The van der Waals surface area contributed by atoms with E-state index in [0.29, 0.717) is 10.7 Å². The van der Waals surface area contributed by atoms with Crippen molar-refractivity contribution in [2.75, 3.05) is 0 Å². The second kappa shape index (κ2) is 5.02. The second-order valence-corrected chi connectivity index (χ2v) is 5.97. The summed E-state index contributed by atoms with van der Waals surface area (Å²) in [4.78, 5) is 12.3. The molecule has 6 nitrogen and oxygen atoms in total. The summed E-state index contributed by atoms with van der Waals surface area (Å²) in [5, 5.41) is 15.8. The first-order valence-electron chi connectivity index (χ1n) is 4.12. The van der Waals surface area contributed by atoms with Gasteiger partial charge in [-0.2, -0.15) is 5.21 Å². The second-order valence-electron chi connectivity index (χ2n) is 2.74. The minimum absolute atomic E-state index is 0.166. The first-order valence-corrected chi connectivity index (χ1v) is 6.52. The maximum atomic E-state index is 11.7. The van der Waals surface area contributed by atoms with E-state index in [9.17, 15) is 4.79 Å². The number of thiophene rings is 1. The number of H-pyrrole nitrogens is 1. The third kappa shape index (κ3) is 2.66. The monoisotopic (exact) mass is 365 g/mol. The van der Waals surface area contributed by atoms with E-state index in [-0.39, 0.29) is 12.5 Å². The number of hydrogen-bond acceptors (Lipinski definition) is 5. The Kier molecular flexibility index (Phi) is 3.66. The van der Waals surface area contributed by atoms with Gasteiger partial charge in [-0.25, -0.2) is 0 Å². The quantitative estimate of drug-likeness (QED) is 0.866. The topological polar surface area (TPSA) is 83.6 Å². The fraction of sp³-hybridized carbons (Fsp3) is 0.143. The SMILES string of the molecule is O=C(NCc1nn[nH]n1)c1cc(Br)c(Br)s1. The Morgan fingerprint density at radius 3 is 2.94 bits per heavy atom. The molecular weight excluding hydrogens is 362 g/mol. The number of carbonyl (C=O) groups is 1. The standard InChI is InChI=1S/C7H5Br2N5OS/c8-3-1-4(16-6(3)9)7(15)10-2-5-11-13-14-12-5/h1H,2H2,(H,10,15)(H,11,12,13,14). The van der Waals surface area contributed by atoms with Gasteiger partial charge < -0.3 is 5.32 Å². The first-order chi connectivity index (χ1) is 7.66. The predicted octanol–water partition coefficient (Wildman–Crippen LogP) is 1.72. The van der Waals surface area contributed by atoms with Crippen LogP contribution in [-0.2, 0) is 6.54 Å². The number of aromatic amines is 1. The van der Waals surface area contributed by atoms with Gasteiger partial charge in [-0.15, -0.1) is 21.5 Å². The number of tetrazole rings is 1. The van der Waals surface area contributed by atoms with Crippen LogP contribution in [0.2, 0.25) is 0 Å². The zero-order chi connectivity index (χ0) is 11.5. The highest BCUT2D eigenvalue weighted by molar-refractivity contribution is 9.13. The van der Waals surface area contributed by atoms with Crippen molar-refractivity contribution in [2.45, 2.75) is 6.54 Å². The van der Waals surface area contributed by atoms with Gasteiger partial charge in [-0.3, -0.25) is 4.79 Å². The molecule has 0 aromatic carbocycles. The zero-order valence-corrected chi connectivity index (χ0v) is 11.7. The van der Waals surface area contributed by atoms with Crippen molar-refractivity contribution in [3.05, 3.63) is 25.0 Å². The van der Waals surface area contributed by atoms with Crippen molar-refractivity contribution in [2.24, 2.45) is 0 Å². The van der Waals surface area contributed by atoms with Crippen LogP contribution in [0.5, 0.6) is 0 Å². The van der Waals surface area contributed by atoms with Gasteiger partial charge in [-0.05, 0) is 37.9 Å². The maximum Gasteiger partial charge on any atom is 0.261 e. The molecule has 0 unspecified atom stereocenters. The molecule has 2 aromatic heterocycles. The molecule has 0 aliphatic carbocycles. The number of halogens is 2. The fourth-order valence-corrected chi connectivity index (χ4v) is 2.91. The molecule has 0 bridgehead atoms. The number of carbonyl (C=O) groups excluding carboxylic acids is 1. The molecule has 0 radical (unpaired) electrons. The van der Waals surface area contributed by atoms with Crippen LogP contribution in [0.3, 0.4) is 0 Å². The molecular formula is C7H5Br2N5OS. The number of amides is 1. The highest BCUT2D eigenvalue weighted by atomic mass is 79.9. The van der Waals surface area contributed by atoms with E-state index >= 15 is 0 Å². The Balaban J connectivity index is 1.98. The Bertz CT molecular complexity index is 477. The average molecular weight is 367 g/mol. The van der Waals surface area contributed by atoms with Gasteiger partial charge in [0.15, 0.2) is 5.82 Å². The normalized spacial score (nSPS) is 10.4. The van der Waals surface area contributed by atoms with Crippen LogP contribution < -0.4 is 5.32 Å². The van der Waals surface area contributed by atoms with E-state index in [0.717, 1.165) is 8.26 Å². The van der Waals surface area contributed by atoms with Crippen molar-refractivity contribution >= 4 is 49.1 Å². The van der Waals surface area contributed by atoms with E-state index in [2.05, 4.69) is 57.8 Å². The van der Waals surface area contributed by atoms with Crippen molar-refractivity contribution in [3.63, 3.8) is 0 Å². The molecule has 1 amide bonds. The fourth-order valence-electron chi connectivity index (χ4n) is 0.962. The van der Waals surface area contributed by atoms with E-state index in [1.807, 2.05) is 0 Å². The molecule has 2 aromatic rings. The van der Waals surface area contributed by atoms with Crippen molar-refractivity contribution in [1.29, 1.82) is 0 Å². The lowest BCUT2D eigenvalue weighted by Gasteiger charge is -1.98. The summed E-state index contributed by atoms with van der Waals surface area (Å²) >= 11 is 8.00. The smallest absolute Gasteiger partial charge is 0.261 e. The maximum absolute atomic E-state index is 11.7. The minimum Gasteiger partial charge on any atom is -0.344 e. The molecule has 0 saturated carbocycles. The Labute approximate surface area is 111 Å². The third-order valence-electron chi connectivity index (χ3n) is 1.67. The largest absolute Gasteiger partial charge is 0.344 e. The Hall–Kier alpha value is -0.800. The number of aromatic nitrogens is 4. The molecule has 2 heterocycles. The summed E-state index contributed by atoms with van der Waals surface area (Å²) in [6.07, 6.45) is 0. The third-order valence-corrected chi connectivity index (χ3v) is 4.92. The van der Waals surface area contributed by atoms with Crippen LogP contribution in [0.25, 0.3) is 0 Å². The van der Waals surface area contributed by atoms with Gasteiger partial charge in [0.2, 0.25) is 0 Å².